The lowest BCUT2D eigenvalue weighted by Gasteiger charge is -2.38. The van der Waals surface area contributed by atoms with Crippen LogP contribution in [0, 0.1) is 11.8 Å². The largest absolute Gasteiger partial charge is 0.491 e. The summed E-state index contributed by atoms with van der Waals surface area (Å²) >= 11 is 0. The predicted octanol–water partition coefficient (Wildman–Crippen LogP) is 1.82. The van der Waals surface area contributed by atoms with Gasteiger partial charge in [0.15, 0.2) is 0 Å². The van der Waals surface area contributed by atoms with Crippen LogP contribution in [0.2, 0.25) is 0 Å². The molecule has 11 heteroatoms. The van der Waals surface area contributed by atoms with Gasteiger partial charge in [0.25, 0.3) is 5.91 Å². The maximum absolute atomic E-state index is 13.5. The van der Waals surface area contributed by atoms with E-state index >= 15 is 0 Å². The van der Waals surface area contributed by atoms with Crippen LogP contribution >= 0.6 is 0 Å². The Morgan fingerprint density at radius 1 is 1.17 bits per heavy atom. The Morgan fingerprint density at radius 2 is 1.86 bits per heavy atom. The molecule has 1 aromatic carbocycles. The quantitative estimate of drug-likeness (QED) is 0.656. The fourth-order valence-corrected chi connectivity index (χ4v) is 5.10. The van der Waals surface area contributed by atoms with E-state index in [4.69, 9.17) is 14.2 Å². The first-order chi connectivity index (χ1) is 16.5. The van der Waals surface area contributed by atoms with E-state index in [9.17, 15) is 18.0 Å². The molecule has 0 bridgehead atoms. The number of likely N-dealkylation sites (N-methyl/N-ethyl adjacent to an activating group) is 1. The zero-order valence-electron chi connectivity index (χ0n) is 21.2. The maximum atomic E-state index is 13.5. The molecule has 1 fully saturated rings. The molecule has 10 nitrogen and oxygen atoms in total. The molecular formula is C24H37N3O7S. The summed E-state index contributed by atoms with van der Waals surface area (Å²) in [6, 6.07) is 4.35. The minimum Gasteiger partial charge on any atom is -0.491 e. The molecule has 3 atom stereocenters. The summed E-state index contributed by atoms with van der Waals surface area (Å²) in [5, 5.41) is 0. The van der Waals surface area contributed by atoms with Gasteiger partial charge in [0.2, 0.25) is 15.9 Å². The first-order valence-electron chi connectivity index (χ1n) is 11.9. The van der Waals surface area contributed by atoms with E-state index in [2.05, 4.69) is 4.72 Å². The Kier molecular flexibility index (Phi) is 9.00. The summed E-state index contributed by atoms with van der Waals surface area (Å²) in [5.41, 5.74) is 0.503. The minimum atomic E-state index is -3.52. The zero-order valence-corrected chi connectivity index (χ0v) is 22.0. The van der Waals surface area contributed by atoms with Crippen LogP contribution in [0.3, 0.4) is 0 Å². The standard InChI is InChI=1S/C24H37N3O7S/c1-16-13-27(23(28)18-8-10-33-11-9-18)17(2)15-34-21-7-6-19(25-35(5,30)31)12-20(21)24(29)26(3)14-22(16)32-4/h6-7,12,16-18,22,25H,8-11,13-15H2,1-5H3/t16-,17+,22+/m0/s1. The van der Waals surface area contributed by atoms with Crippen molar-refractivity contribution in [1.82, 2.24) is 9.80 Å². The van der Waals surface area contributed by atoms with E-state index in [-0.39, 0.29) is 53.7 Å². The minimum absolute atomic E-state index is 0.0429. The first kappa shape index (κ1) is 27.2. The number of rotatable bonds is 4. The number of methoxy groups -OCH3 is 1. The highest BCUT2D eigenvalue weighted by Gasteiger charge is 2.33. The number of sulfonamides is 1. The number of carbonyl (C=O) groups is 2. The lowest BCUT2D eigenvalue weighted by molar-refractivity contribution is -0.142. The molecule has 196 valence electrons. The molecule has 2 amide bonds. The van der Waals surface area contributed by atoms with Crippen LogP contribution in [0.25, 0.3) is 0 Å². The topological polar surface area (TPSA) is 114 Å². The molecule has 0 saturated carbocycles. The van der Waals surface area contributed by atoms with Gasteiger partial charge >= 0.3 is 0 Å². The molecule has 0 aromatic heterocycles. The Bertz CT molecular complexity index is 1010. The van der Waals surface area contributed by atoms with Crippen LogP contribution in [-0.2, 0) is 24.3 Å². The number of nitrogens with one attached hydrogen (secondary N) is 1. The Labute approximate surface area is 207 Å². The summed E-state index contributed by atoms with van der Waals surface area (Å²) in [5.74, 6) is -0.0313. The van der Waals surface area contributed by atoms with Gasteiger partial charge in [0.05, 0.1) is 24.0 Å². The number of benzene rings is 1. The van der Waals surface area contributed by atoms with E-state index in [1.807, 2.05) is 18.7 Å². The van der Waals surface area contributed by atoms with Crippen LogP contribution in [0.4, 0.5) is 5.69 Å². The van der Waals surface area contributed by atoms with E-state index in [0.717, 1.165) is 6.26 Å². The van der Waals surface area contributed by atoms with Crippen molar-refractivity contribution in [2.75, 3.05) is 58.0 Å². The van der Waals surface area contributed by atoms with Crippen LogP contribution in [-0.4, -0.2) is 95.5 Å². The molecule has 1 saturated heterocycles. The van der Waals surface area contributed by atoms with Crippen LogP contribution in [0.1, 0.15) is 37.0 Å². The van der Waals surface area contributed by atoms with Gasteiger partial charge in [-0.3, -0.25) is 14.3 Å². The van der Waals surface area contributed by atoms with Gasteiger partial charge < -0.3 is 24.0 Å². The molecule has 0 radical (unpaired) electrons. The molecule has 3 rings (SSSR count). The van der Waals surface area contributed by atoms with Gasteiger partial charge in [-0.1, -0.05) is 6.92 Å². The molecule has 2 aliphatic rings. The summed E-state index contributed by atoms with van der Waals surface area (Å²) in [7, 11) is -0.251. The monoisotopic (exact) mass is 511 g/mol. The van der Waals surface area contributed by atoms with Crippen molar-refractivity contribution in [2.45, 2.75) is 38.8 Å². The van der Waals surface area contributed by atoms with E-state index in [1.54, 1.807) is 26.3 Å². The fourth-order valence-electron chi connectivity index (χ4n) is 4.54. The third-order valence-corrected chi connectivity index (χ3v) is 7.21. The van der Waals surface area contributed by atoms with Crippen molar-refractivity contribution < 1.29 is 32.2 Å². The summed E-state index contributed by atoms with van der Waals surface area (Å²) in [6.07, 6.45) is 2.14. The number of nitrogens with zero attached hydrogens (tertiary/aromatic N) is 2. The first-order valence-corrected chi connectivity index (χ1v) is 13.8. The number of ether oxygens (including phenoxy) is 3. The van der Waals surface area contributed by atoms with Crippen molar-refractivity contribution >= 4 is 27.5 Å². The third kappa shape index (κ3) is 7.08. The normalized spacial score (nSPS) is 25.2. The maximum Gasteiger partial charge on any atom is 0.257 e. The van der Waals surface area contributed by atoms with Crippen molar-refractivity contribution in [3.8, 4) is 5.75 Å². The van der Waals surface area contributed by atoms with Gasteiger partial charge in [0, 0.05) is 58.0 Å². The fraction of sp³-hybridized carbons (Fsp3) is 0.667. The van der Waals surface area contributed by atoms with Crippen molar-refractivity contribution in [2.24, 2.45) is 11.8 Å². The van der Waals surface area contributed by atoms with Crippen LogP contribution in [0.5, 0.6) is 5.75 Å². The Balaban J connectivity index is 1.95. The SMILES string of the molecule is CO[C@@H]1CN(C)C(=O)c2cc(NS(C)(=O)=O)ccc2OC[C@@H](C)N(C(=O)C2CCOCC2)C[C@@H]1C. The molecule has 2 heterocycles. The molecule has 35 heavy (non-hydrogen) atoms. The average Bonchev–Trinajstić information content (AvgIpc) is 2.82. The molecular weight excluding hydrogens is 474 g/mol. The van der Waals surface area contributed by atoms with E-state index in [1.165, 1.54) is 11.0 Å². The Hall–Kier alpha value is -2.37. The number of anilines is 1. The van der Waals surface area contributed by atoms with E-state index in [0.29, 0.717) is 44.9 Å². The second-order valence-corrected chi connectivity index (χ2v) is 11.3. The highest BCUT2D eigenvalue weighted by molar-refractivity contribution is 7.92. The van der Waals surface area contributed by atoms with Crippen LogP contribution < -0.4 is 9.46 Å². The van der Waals surface area contributed by atoms with Crippen molar-refractivity contribution in [3.63, 3.8) is 0 Å². The predicted molar refractivity (Wildman–Crippen MR) is 132 cm³/mol. The molecule has 0 unspecified atom stereocenters. The van der Waals surface area contributed by atoms with Crippen molar-refractivity contribution in [1.29, 1.82) is 0 Å². The molecule has 1 aromatic rings. The number of fused-ring (bicyclic) bond motifs is 1. The van der Waals surface area contributed by atoms with Gasteiger partial charge in [-0.2, -0.15) is 0 Å². The van der Waals surface area contributed by atoms with Gasteiger partial charge in [-0.25, -0.2) is 8.42 Å². The van der Waals surface area contributed by atoms with Gasteiger partial charge in [-0.05, 0) is 38.0 Å². The van der Waals surface area contributed by atoms with Gasteiger partial charge in [0.1, 0.15) is 12.4 Å². The second kappa shape index (κ2) is 11.6. The highest BCUT2D eigenvalue weighted by Crippen LogP contribution is 2.28. The number of carbonyl (C=O) groups excluding carboxylic acids is 2. The lowest BCUT2D eigenvalue weighted by atomic mass is 9.95. The summed E-state index contributed by atoms with van der Waals surface area (Å²) < 4.78 is 43.1. The number of hydrogen-bond donors (Lipinski definition) is 1. The summed E-state index contributed by atoms with van der Waals surface area (Å²) in [4.78, 5) is 30.2. The third-order valence-electron chi connectivity index (χ3n) is 6.60. The van der Waals surface area contributed by atoms with Gasteiger partial charge in [-0.15, -0.1) is 0 Å². The summed E-state index contributed by atoms with van der Waals surface area (Å²) in [6.45, 7) is 6.06. The molecule has 2 aliphatic heterocycles. The lowest BCUT2D eigenvalue weighted by Crippen LogP contribution is -2.50. The van der Waals surface area contributed by atoms with E-state index < -0.39 is 10.0 Å². The molecule has 1 N–H and O–H groups in total. The zero-order chi connectivity index (χ0) is 25.8. The molecule has 0 spiro atoms. The average molecular weight is 512 g/mol. The van der Waals surface area contributed by atoms with Crippen LogP contribution in [0.15, 0.2) is 18.2 Å². The molecule has 0 aliphatic carbocycles. The van der Waals surface area contributed by atoms with Crippen molar-refractivity contribution in [3.05, 3.63) is 23.8 Å². The number of hydrogen-bond acceptors (Lipinski definition) is 7. The second-order valence-electron chi connectivity index (χ2n) is 9.56. The smallest absolute Gasteiger partial charge is 0.257 e. The highest BCUT2D eigenvalue weighted by atomic mass is 32.2. The number of amides is 2. The Morgan fingerprint density at radius 3 is 2.49 bits per heavy atom.